The second-order valence-electron chi connectivity index (χ2n) is 6.18. The van der Waals surface area contributed by atoms with Crippen molar-refractivity contribution in [1.29, 1.82) is 0 Å². The van der Waals surface area contributed by atoms with E-state index in [-0.39, 0.29) is 18.4 Å². The molecule has 0 unspecified atom stereocenters. The van der Waals surface area contributed by atoms with E-state index in [2.05, 4.69) is 15.3 Å². The van der Waals surface area contributed by atoms with Gasteiger partial charge in [0.25, 0.3) is 0 Å². The van der Waals surface area contributed by atoms with Gasteiger partial charge in [0.1, 0.15) is 5.82 Å². The van der Waals surface area contributed by atoms with Crippen molar-refractivity contribution in [1.82, 2.24) is 19.8 Å². The standard InChI is InChI=1S/C18H23N5O3S/c1-3-26-18(25)23-9-7-22(8-10-23)16(24)11-14-12-27-17(20-14)21-15-6-4-5-13(2)19-15/h4-6,12H,3,7-11H2,1-2H3,(H,19,20,21). The third-order valence-electron chi connectivity index (χ3n) is 4.17. The van der Waals surface area contributed by atoms with Gasteiger partial charge in [0.2, 0.25) is 5.91 Å². The Balaban J connectivity index is 1.50. The molecule has 1 fully saturated rings. The fraction of sp³-hybridized carbons (Fsp3) is 0.444. The number of nitrogens with zero attached hydrogens (tertiary/aromatic N) is 4. The lowest BCUT2D eigenvalue weighted by Gasteiger charge is -2.34. The summed E-state index contributed by atoms with van der Waals surface area (Å²) in [5.74, 6) is 0.751. The fourth-order valence-corrected chi connectivity index (χ4v) is 3.50. The third-order valence-corrected chi connectivity index (χ3v) is 4.97. The zero-order valence-electron chi connectivity index (χ0n) is 15.5. The molecule has 1 saturated heterocycles. The average Bonchev–Trinajstić information content (AvgIpc) is 3.09. The molecule has 0 saturated carbocycles. The molecule has 1 aliphatic rings. The van der Waals surface area contributed by atoms with Gasteiger partial charge in [0.05, 0.1) is 18.7 Å². The molecule has 1 aliphatic heterocycles. The lowest BCUT2D eigenvalue weighted by molar-refractivity contribution is -0.132. The van der Waals surface area contributed by atoms with Gasteiger partial charge < -0.3 is 19.9 Å². The maximum absolute atomic E-state index is 12.5. The van der Waals surface area contributed by atoms with Gasteiger partial charge in [0.15, 0.2) is 5.13 Å². The molecule has 0 aliphatic carbocycles. The summed E-state index contributed by atoms with van der Waals surface area (Å²) in [4.78, 5) is 36.5. The number of rotatable bonds is 5. The number of anilines is 2. The minimum Gasteiger partial charge on any atom is -0.450 e. The number of carbonyl (C=O) groups excluding carboxylic acids is 2. The molecule has 0 radical (unpaired) electrons. The quantitative estimate of drug-likeness (QED) is 0.845. The fourth-order valence-electron chi connectivity index (χ4n) is 2.79. The molecule has 3 heterocycles. The Kier molecular flexibility index (Phi) is 6.23. The van der Waals surface area contributed by atoms with E-state index in [4.69, 9.17) is 4.74 Å². The Bertz CT molecular complexity index is 802. The van der Waals surface area contributed by atoms with Crippen LogP contribution in [0.15, 0.2) is 23.6 Å². The van der Waals surface area contributed by atoms with Crippen molar-refractivity contribution in [2.45, 2.75) is 20.3 Å². The normalized spacial score (nSPS) is 14.1. The number of thiazole rings is 1. The first kappa shape index (κ1) is 19.1. The summed E-state index contributed by atoms with van der Waals surface area (Å²) in [7, 11) is 0. The molecule has 2 amide bonds. The van der Waals surface area contributed by atoms with Crippen molar-refractivity contribution in [2.75, 3.05) is 38.1 Å². The Morgan fingerprint density at radius 3 is 2.63 bits per heavy atom. The number of ether oxygens (including phenoxy) is 1. The summed E-state index contributed by atoms with van der Waals surface area (Å²) >= 11 is 1.45. The summed E-state index contributed by atoms with van der Waals surface area (Å²) in [6.45, 7) is 6.08. The number of hydrogen-bond donors (Lipinski definition) is 1. The Morgan fingerprint density at radius 2 is 1.93 bits per heavy atom. The largest absolute Gasteiger partial charge is 0.450 e. The first-order valence-corrected chi connectivity index (χ1v) is 9.77. The maximum Gasteiger partial charge on any atom is 0.409 e. The number of pyridine rings is 1. The molecule has 9 heteroatoms. The van der Waals surface area contributed by atoms with Gasteiger partial charge in [-0.1, -0.05) is 6.07 Å². The van der Waals surface area contributed by atoms with Crippen LogP contribution in [0.2, 0.25) is 0 Å². The van der Waals surface area contributed by atoms with E-state index in [1.807, 2.05) is 30.5 Å². The van der Waals surface area contributed by atoms with Crippen LogP contribution in [-0.2, 0) is 16.0 Å². The third kappa shape index (κ3) is 5.16. The molecule has 144 valence electrons. The smallest absolute Gasteiger partial charge is 0.409 e. The highest BCUT2D eigenvalue weighted by molar-refractivity contribution is 7.13. The van der Waals surface area contributed by atoms with Gasteiger partial charge in [-0.3, -0.25) is 4.79 Å². The molecule has 0 spiro atoms. The molecule has 0 atom stereocenters. The van der Waals surface area contributed by atoms with Crippen LogP contribution in [0, 0.1) is 6.92 Å². The Labute approximate surface area is 162 Å². The second-order valence-corrected chi connectivity index (χ2v) is 7.03. The van der Waals surface area contributed by atoms with Crippen LogP contribution in [0.4, 0.5) is 15.7 Å². The molecule has 3 rings (SSSR count). The van der Waals surface area contributed by atoms with Crippen LogP contribution in [0.1, 0.15) is 18.3 Å². The van der Waals surface area contributed by atoms with Crippen LogP contribution in [0.3, 0.4) is 0 Å². The summed E-state index contributed by atoms with van der Waals surface area (Å²) in [6, 6.07) is 5.74. The summed E-state index contributed by atoms with van der Waals surface area (Å²) < 4.78 is 4.99. The SMILES string of the molecule is CCOC(=O)N1CCN(C(=O)Cc2csc(Nc3cccc(C)n3)n2)CC1. The van der Waals surface area contributed by atoms with Crippen molar-refractivity contribution in [2.24, 2.45) is 0 Å². The van der Waals surface area contributed by atoms with E-state index in [1.165, 1.54) is 11.3 Å². The van der Waals surface area contributed by atoms with E-state index < -0.39 is 0 Å². The first-order valence-electron chi connectivity index (χ1n) is 8.89. The van der Waals surface area contributed by atoms with Gasteiger partial charge in [-0.15, -0.1) is 11.3 Å². The van der Waals surface area contributed by atoms with Crippen LogP contribution in [0.5, 0.6) is 0 Å². The predicted octanol–water partition coefficient (Wildman–Crippen LogP) is 2.43. The van der Waals surface area contributed by atoms with E-state index in [1.54, 1.807) is 16.7 Å². The molecule has 8 nitrogen and oxygen atoms in total. The van der Waals surface area contributed by atoms with Crippen LogP contribution >= 0.6 is 11.3 Å². The van der Waals surface area contributed by atoms with Crippen molar-refractivity contribution in [3.05, 3.63) is 35.0 Å². The number of aryl methyl sites for hydroxylation is 1. The van der Waals surface area contributed by atoms with Crippen LogP contribution in [0.25, 0.3) is 0 Å². The monoisotopic (exact) mass is 389 g/mol. The Morgan fingerprint density at radius 1 is 1.19 bits per heavy atom. The number of nitrogens with one attached hydrogen (secondary N) is 1. The minimum absolute atomic E-state index is 0.0176. The lowest BCUT2D eigenvalue weighted by atomic mass is 10.2. The molecular weight excluding hydrogens is 366 g/mol. The Hall–Kier alpha value is -2.68. The molecule has 0 bridgehead atoms. The highest BCUT2D eigenvalue weighted by atomic mass is 32.1. The van der Waals surface area contributed by atoms with Crippen LogP contribution in [-0.4, -0.2) is 64.6 Å². The number of piperazine rings is 1. The zero-order chi connectivity index (χ0) is 19.2. The van der Waals surface area contributed by atoms with Crippen molar-refractivity contribution in [3.63, 3.8) is 0 Å². The van der Waals surface area contributed by atoms with Crippen LogP contribution < -0.4 is 5.32 Å². The van der Waals surface area contributed by atoms with Gasteiger partial charge in [-0.2, -0.15) is 0 Å². The van der Waals surface area contributed by atoms with Crippen molar-refractivity contribution < 1.29 is 14.3 Å². The average molecular weight is 389 g/mol. The van der Waals surface area contributed by atoms with Gasteiger partial charge in [0, 0.05) is 37.3 Å². The number of amides is 2. The molecule has 0 aromatic carbocycles. The maximum atomic E-state index is 12.5. The topological polar surface area (TPSA) is 87.7 Å². The highest BCUT2D eigenvalue weighted by Gasteiger charge is 2.25. The predicted molar refractivity (Wildman–Crippen MR) is 103 cm³/mol. The van der Waals surface area contributed by atoms with Gasteiger partial charge >= 0.3 is 6.09 Å². The molecule has 2 aromatic rings. The van der Waals surface area contributed by atoms with E-state index in [0.717, 1.165) is 17.2 Å². The van der Waals surface area contributed by atoms with Crippen molar-refractivity contribution in [3.8, 4) is 0 Å². The second kappa shape index (κ2) is 8.81. The highest BCUT2D eigenvalue weighted by Crippen LogP contribution is 2.20. The minimum atomic E-state index is -0.315. The number of carbonyl (C=O) groups is 2. The molecule has 27 heavy (non-hydrogen) atoms. The first-order chi connectivity index (χ1) is 13.0. The van der Waals surface area contributed by atoms with Gasteiger partial charge in [-0.25, -0.2) is 14.8 Å². The van der Waals surface area contributed by atoms with E-state index in [0.29, 0.717) is 37.9 Å². The van der Waals surface area contributed by atoms with E-state index in [9.17, 15) is 9.59 Å². The number of hydrogen-bond acceptors (Lipinski definition) is 7. The summed E-state index contributed by atoms with van der Waals surface area (Å²) in [5.41, 5.74) is 1.65. The summed E-state index contributed by atoms with van der Waals surface area (Å²) in [6.07, 6.45) is -0.0664. The zero-order valence-corrected chi connectivity index (χ0v) is 16.3. The van der Waals surface area contributed by atoms with Gasteiger partial charge in [-0.05, 0) is 26.0 Å². The molecule has 1 N–H and O–H groups in total. The van der Waals surface area contributed by atoms with E-state index >= 15 is 0 Å². The molecule has 2 aromatic heterocycles. The summed E-state index contributed by atoms with van der Waals surface area (Å²) in [5, 5.41) is 5.75. The van der Waals surface area contributed by atoms with Crippen molar-refractivity contribution >= 4 is 34.3 Å². The lowest BCUT2D eigenvalue weighted by Crippen LogP contribution is -2.51. The number of aromatic nitrogens is 2. The molecular formula is C18H23N5O3S.